The quantitative estimate of drug-likeness (QED) is 0.898. The van der Waals surface area contributed by atoms with E-state index in [1.807, 2.05) is 12.1 Å². The zero-order valence-corrected chi connectivity index (χ0v) is 12.3. The third kappa shape index (κ3) is 2.64. The smallest absolute Gasteiger partial charge is 0.123 e. The van der Waals surface area contributed by atoms with Crippen molar-refractivity contribution in [2.45, 2.75) is 44.3 Å². The number of benzene rings is 1. The average molecular weight is 285 g/mol. The summed E-state index contributed by atoms with van der Waals surface area (Å²) >= 11 is 0. The van der Waals surface area contributed by atoms with Crippen LogP contribution in [-0.2, 0) is 5.54 Å². The van der Waals surface area contributed by atoms with Crippen molar-refractivity contribution in [1.29, 1.82) is 0 Å². The van der Waals surface area contributed by atoms with Crippen molar-refractivity contribution in [3.8, 4) is 0 Å². The molecule has 1 saturated carbocycles. The van der Waals surface area contributed by atoms with Crippen molar-refractivity contribution in [1.82, 2.24) is 10.2 Å². The number of nitrogens with one attached hydrogen (secondary N) is 1. The zero-order valence-electron chi connectivity index (χ0n) is 11.5. The zero-order chi connectivity index (χ0) is 12.8. The molecule has 0 aromatic heterocycles. The van der Waals surface area contributed by atoms with E-state index in [1.165, 1.54) is 18.4 Å². The first-order chi connectivity index (χ1) is 8.62. The lowest BCUT2D eigenvalue weighted by molar-refractivity contribution is 0.0790. The molecule has 1 N–H and O–H groups in total. The van der Waals surface area contributed by atoms with Crippen molar-refractivity contribution in [3.05, 3.63) is 35.6 Å². The summed E-state index contributed by atoms with van der Waals surface area (Å²) in [6.07, 6.45) is 2.41. The van der Waals surface area contributed by atoms with Crippen LogP contribution in [0.4, 0.5) is 4.39 Å². The van der Waals surface area contributed by atoms with Gasteiger partial charge in [-0.25, -0.2) is 4.39 Å². The van der Waals surface area contributed by atoms with Crippen molar-refractivity contribution in [2.24, 2.45) is 0 Å². The first-order valence-corrected chi connectivity index (χ1v) is 6.88. The van der Waals surface area contributed by atoms with Crippen LogP contribution in [0.2, 0.25) is 0 Å². The maximum absolute atomic E-state index is 13.1. The predicted molar refractivity (Wildman–Crippen MR) is 78.2 cm³/mol. The van der Waals surface area contributed by atoms with E-state index in [-0.39, 0.29) is 23.8 Å². The maximum atomic E-state index is 13.1. The number of hydrogen-bond acceptors (Lipinski definition) is 2. The molecule has 0 spiro atoms. The van der Waals surface area contributed by atoms with Gasteiger partial charge in [0.1, 0.15) is 5.82 Å². The minimum absolute atomic E-state index is 0. The first-order valence-electron chi connectivity index (χ1n) is 6.88. The third-order valence-electron chi connectivity index (χ3n) is 4.42. The molecule has 1 aromatic carbocycles. The molecule has 2 aliphatic rings. The Morgan fingerprint density at radius 2 is 1.84 bits per heavy atom. The predicted octanol–water partition coefficient (Wildman–Crippen LogP) is 2.92. The summed E-state index contributed by atoms with van der Waals surface area (Å²) in [6.45, 7) is 6.64. The van der Waals surface area contributed by atoms with Gasteiger partial charge >= 0.3 is 0 Å². The fraction of sp³-hybridized carbons (Fsp3) is 0.600. The summed E-state index contributed by atoms with van der Waals surface area (Å²) in [5.74, 6) is -0.142. The molecular weight excluding hydrogens is 263 g/mol. The van der Waals surface area contributed by atoms with Gasteiger partial charge in [-0.2, -0.15) is 0 Å². The average Bonchev–Trinajstić information content (AvgIpc) is 3.14. The van der Waals surface area contributed by atoms with Gasteiger partial charge in [0.2, 0.25) is 0 Å². The molecule has 19 heavy (non-hydrogen) atoms. The van der Waals surface area contributed by atoms with Crippen LogP contribution in [0, 0.1) is 5.82 Å². The van der Waals surface area contributed by atoms with E-state index in [4.69, 9.17) is 0 Å². The molecule has 2 fully saturated rings. The van der Waals surface area contributed by atoms with Gasteiger partial charge in [-0.3, -0.25) is 4.90 Å². The Kier molecular flexibility index (Phi) is 4.19. The summed E-state index contributed by atoms with van der Waals surface area (Å²) in [4.78, 5) is 2.61. The molecule has 1 aromatic rings. The van der Waals surface area contributed by atoms with E-state index in [0.29, 0.717) is 12.1 Å². The van der Waals surface area contributed by atoms with E-state index in [0.717, 1.165) is 13.1 Å². The molecule has 2 atom stereocenters. The SMILES string of the molecule is C[C@@H]1CN[C@@H](C)CN1C1(c2ccc(F)cc2)CC1.Cl. The Balaban J connectivity index is 0.00000133. The van der Waals surface area contributed by atoms with E-state index >= 15 is 0 Å². The summed E-state index contributed by atoms with van der Waals surface area (Å²) in [5.41, 5.74) is 1.47. The Morgan fingerprint density at radius 1 is 1.21 bits per heavy atom. The Bertz CT molecular complexity index is 430. The summed E-state index contributed by atoms with van der Waals surface area (Å²) in [5, 5.41) is 3.52. The van der Waals surface area contributed by atoms with E-state index in [1.54, 1.807) is 12.1 Å². The largest absolute Gasteiger partial charge is 0.311 e. The second-order valence-electron chi connectivity index (χ2n) is 5.85. The molecule has 1 aliphatic carbocycles. The normalized spacial score (nSPS) is 29.6. The maximum Gasteiger partial charge on any atom is 0.123 e. The Morgan fingerprint density at radius 3 is 2.42 bits per heavy atom. The molecular formula is C15H22ClFN2. The summed E-state index contributed by atoms with van der Waals surface area (Å²) < 4.78 is 13.1. The molecule has 106 valence electrons. The van der Waals surface area contributed by atoms with Crippen LogP contribution < -0.4 is 5.32 Å². The highest BCUT2D eigenvalue weighted by Crippen LogP contribution is 2.52. The molecule has 1 heterocycles. The number of nitrogens with zero attached hydrogens (tertiary/aromatic N) is 1. The van der Waals surface area contributed by atoms with Crippen LogP contribution in [0.3, 0.4) is 0 Å². The minimum Gasteiger partial charge on any atom is -0.311 e. The first kappa shape index (κ1) is 14.8. The van der Waals surface area contributed by atoms with Crippen molar-refractivity contribution >= 4 is 12.4 Å². The topological polar surface area (TPSA) is 15.3 Å². The van der Waals surface area contributed by atoms with Gasteiger partial charge in [-0.15, -0.1) is 12.4 Å². The molecule has 0 unspecified atom stereocenters. The van der Waals surface area contributed by atoms with Gasteiger partial charge in [0.05, 0.1) is 0 Å². The van der Waals surface area contributed by atoms with Crippen LogP contribution in [-0.4, -0.2) is 30.1 Å². The standard InChI is InChI=1S/C15H21FN2.ClH/c1-11-10-18(12(2)9-17-11)15(7-8-15)13-3-5-14(16)6-4-13;/h3-6,11-12,17H,7-10H2,1-2H3;1H/t11-,12+;/m0./s1. The molecule has 0 amide bonds. The van der Waals surface area contributed by atoms with Gasteiger partial charge in [0, 0.05) is 30.7 Å². The Labute approximate surface area is 120 Å². The summed E-state index contributed by atoms with van der Waals surface area (Å²) in [6, 6.07) is 8.19. The number of piperazine rings is 1. The van der Waals surface area contributed by atoms with E-state index in [9.17, 15) is 4.39 Å². The lowest BCUT2D eigenvalue weighted by Gasteiger charge is -2.43. The lowest BCUT2D eigenvalue weighted by atomic mass is 9.98. The van der Waals surface area contributed by atoms with Gasteiger partial charge in [0.15, 0.2) is 0 Å². The number of hydrogen-bond donors (Lipinski definition) is 1. The highest BCUT2D eigenvalue weighted by molar-refractivity contribution is 5.85. The molecule has 1 aliphatic heterocycles. The van der Waals surface area contributed by atoms with Crippen LogP contribution in [0.1, 0.15) is 32.3 Å². The Hall–Kier alpha value is -0.640. The van der Waals surface area contributed by atoms with Crippen LogP contribution in [0.25, 0.3) is 0 Å². The molecule has 3 rings (SSSR count). The highest BCUT2D eigenvalue weighted by atomic mass is 35.5. The fourth-order valence-electron chi connectivity index (χ4n) is 3.24. The van der Waals surface area contributed by atoms with Gasteiger partial charge in [-0.05, 0) is 44.4 Å². The molecule has 2 nitrogen and oxygen atoms in total. The minimum atomic E-state index is -0.142. The third-order valence-corrected chi connectivity index (χ3v) is 4.42. The lowest BCUT2D eigenvalue weighted by Crippen LogP contribution is -2.57. The second-order valence-corrected chi connectivity index (χ2v) is 5.85. The number of rotatable bonds is 2. The van der Waals surface area contributed by atoms with Gasteiger partial charge in [0.25, 0.3) is 0 Å². The fourth-order valence-corrected chi connectivity index (χ4v) is 3.24. The number of halogens is 2. The van der Waals surface area contributed by atoms with E-state index < -0.39 is 0 Å². The van der Waals surface area contributed by atoms with Gasteiger partial charge in [-0.1, -0.05) is 12.1 Å². The van der Waals surface area contributed by atoms with Crippen LogP contribution in [0.5, 0.6) is 0 Å². The highest BCUT2D eigenvalue weighted by Gasteiger charge is 2.51. The molecule has 0 radical (unpaired) electrons. The molecule has 0 bridgehead atoms. The van der Waals surface area contributed by atoms with Crippen LogP contribution >= 0.6 is 12.4 Å². The van der Waals surface area contributed by atoms with E-state index in [2.05, 4.69) is 24.1 Å². The van der Waals surface area contributed by atoms with Gasteiger partial charge < -0.3 is 5.32 Å². The molecule has 1 saturated heterocycles. The van der Waals surface area contributed by atoms with Crippen molar-refractivity contribution in [3.63, 3.8) is 0 Å². The van der Waals surface area contributed by atoms with Crippen molar-refractivity contribution < 1.29 is 4.39 Å². The van der Waals surface area contributed by atoms with Crippen molar-refractivity contribution in [2.75, 3.05) is 13.1 Å². The summed E-state index contributed by atoms with van der Waals surface area (Å²) in [7, 11) is 0. The van der Waals surface area contributed by atoms with Crippen LogP contribution in [0.15, 0.2) is 24.3 Å². The molecule has 4 heteroatoms. The second kappa shape index (κ2) is 5.39. The monoisotopic (exact) mass is 284 g/mol.